The van der Waals surface area contributed by atoms with E-state index >= 15 is 0 Å². The van der Waals surface area contributed by atoms with E-state index < -0.39 is 23.9 Å². The number of nitrogens with two attached hydrogens (primary N) is 1. The number of nitrogens with zero attached hydrogens (tertiary/aromatic N) is 1. The summed E-state index contributed by atoms with van der Waals surface area (Å²) in [4.78, 5) is 37.7. The SMILES string of the molecule is CCN(CC)c1ccc(C(=O)OC(C)C(=O)Nc2ccc(C(N)=O)cc2)cc1. The van der Waals surface area contributed by atoms with Crippen molar-refractivity contribution in [3.8, 4) is 0 Å². The number of benzene rings is 2. The third-order valence-electron chi connectivity index (χ3n) is 4.32. The fourth-order valence-electron chi connectivity index (χ4n) is 2.64. The summed E-state index contributed by atoms with van der Waals surface area (Å²) in [5.74, 6) is -1.59. The van der Waals surface area contributed by atoms with E-state index in [9.17, 15) is 14.4 Å². The Labute approximate surface area is 164 Å². The number of esters is 1. The molecule has 0 bridgehead atoms. The first-order valence-electron chi connectivity index (χ1n) is 9.12. The van der Waals surface area contributed by atoms with E-state index in [0.717, 1.165) is 18.8 Å². The van der Waals surface area contributed by atoms with Crippen molar-refractivity contribution in [2.24, 2.45) is 5.73 Å². The lowest BCUT2D eigenvalue weighted by Crippen LogP contribution is -2.30. The maximum Gasteiger partial charge on any atom is 0.338 e. The molecule has 2 aromatic rings. The van der Waals surface area contributed by atoms with Gasteiger partial charge >= 0.3 is 5.97 Å². The summed E-state index contributed by atoms with van der Waals surface area (Å²) in [5, 5.41) is 2.63. The molecule has 1 atom stereocenters. The molecule has 0 aliphatic carbocycles. The Balaban J connectivity index is 1.95. The van der Waals surface area contributed by atoms with E-state index in [1.165, 1.54) is 19.1 Å². The smallest absolute Gasteiger partial charge is 0.338 e. The van der Waals surface area contributed by atoms with Crippen LogP contribution in [0.5, 0.6) is 0 Å². The minimum Gasteiger partial charge on any atom is -0.449 e. The van der Waals surface area contributed by atoms with Gasteiger partial charge < -0.3 is 20.7 Å². The molecule has 2 aromatic carbocycles. The number of ether oxygens (including phenoxy) is 1. The highest BCUT2D eigenvalue weighted by atomic mass is 16.5. The second-order valence-electron chi connectivity index (χ2n) is 6.20. The number of anilines is 2. The van der Waals surface area contributed by atoms with E-state index in [-0.39, 0.29) is 0 Å². The molecular weight excluding hydrogens is 358 g/mol. The quantitative estimate of drug-likeness (QED) is 0.683. The fraction of sp³-hybridized carbons (Fsp3) is 0.286. The Morgan fingerprint density at radius 2 is 1.50 bits per heavy atom. The van der Waals surface area contributed by atoms with Gasteiger partial charge in [-0.25, -0.2) is 4.79 Å². The molecule has 0 saturated heterocycles. The summed E-state index contributed by atoms with van der Waals surface area (Å²) in [6.45, 7) is 7.37. The minimum atomic E-state index is -0.981. The molecule has 3 N–H and O–H groups in total. The summed E-state index contributed by atoms with van der Waals surface area (Å²) < 4.78 is 5.25. The van der Waals surface area contributed by atoms with Gasteiger partial charge in [0.1, 0.15) is 0 Å². The Hall–Kier alpha value is -3.35. The number of amides is 2. The van der Waals surface area contributed by atoms with Crippen LogP contribution in [0.3, 0.4) is 0 Å². The molecule has 28 heavy (non-hydrogen) atoms. The summed E-state index contributed by atoms with van der Waals surface area (Å²) in [6.07, 6.45) is -0.981. The highest BCUT2D eigenvalue weighted by molar-refractivity contribution is 5.98. The number of hydrogen-bond donors (Lipinski definition) is 2. The largest absolute Gasteiger partial charge is 0.449 e. The lowest BCUT2D eigenvalue weighted by molar-refractivity contribution is -0.123. The molecule has 0 radical (unpaired) electrons. The first-order chi connectivity index (χ1) is 13.3. The Kier molecular flexibility index (Phi) is 7.14. The van der Waals surface area contributed by atoms with Gasteiger partial charge in [0.05, 0.1) is 5.56 Å². The van der Waals surface area contributed by atoms with Gasteiger partial charge in [0.15, 0.2) is 6.10 Å². The van der Waals surface area contributed by atoms with E-state index in [2.05, 4.69) is 24.1 Å². The van der Waals surface area contributed by atoms with Crippen LogP contribution >= 0.6 is 0 Å². The van der Waals surface area contributed by atoms with Crippen LogP contribution < -0.4 is 16.0 Å². The van der Waals surface area contributed by atoms with Gasteiger partial charge in [0, 0.05) is 30.0 Å². The van der Waals surface area contributed by atoms with Crippen molar-refractivity contribution in [3.05, 3.63) is 59.7 Å². The van der Waals surface area contributed by atoms with E-state index in [1.54, 1.807) is 24.3 Å². The van der Waals surface area contributed by atoms with Crippen molar-refractivity contribution in [2.45, 2.75) is 26.9 Å². The second kappa shape index (κ2) is 9.55. The molecule has 1 unspecified atom stereocenters. The number of carbonyl (C=O) groups excluding carboxylic acids is 3. The maximum absolute atomic E-state index is 12.3. The van der Waals surface area contributed by atoms with Crippen molar-refractivity contribution in [2.75, 3.05) is 23.3 Å². The van der Waals surface area contributed by atoms with Gasteiger partial charge in [-0.3, -0.25) is 9.59 Å². The van der Waals surface area contributed by atoms with Crippen LogP contribution in [-0.2, 0) is 9.53 Å². The molecule has 148 valence electrons. The number of nitrogens with one attached hydrogen (secondary N) is 1. The zero-order valence-electron chi connectivity index (χ0n) is 16.3. The molecule has 0 spiro atoms. The highest BCUT2D eigenvalue weighted by Gasteiger charge is 2.19. The molecule has 2 rings (SSSR count). The van der Waals surface area contributed by atoms with Gasteiger partial charge in [-0.1, -0.05) is 0 Å². The molecule has 2 amide bonds. The van der Waals surface area contributed by atoms with Crippen LogP contribution in [0.1, 0.15) is 41.5 Å². The van der Waals surface area contributed by atoms with Crippen LogP contribution in [-0.4, -0.2) is 37.0 Å². The molecule has 0 aliphatic heterocycles. The Bertz CT molecular complexity index is 828. The summed E-state index contributed by atoms with van der Waals surface area (Å²) in [6, 6.07) is 13.2. The van der Waals surface area contributed by atoms with Crippen LogP contribution in [0.25, 0.3) is 0 Å². The molecule has 0 saturated carbocycles. The summed E-state index contributed by atoms with van der Waals surface area (Å²) >= 11 is 0. The standard InChI is InChI=1S/C21H25N3O4/c1-4-24(5-2)18-12-8-16(9-13-18)21(27)28-14(3)20(26)23-17-10-6-15(7-11-17)19(22)25/h6-14H,4-5H2,1-3H3,(H2,22,25)(H,23,26). The minimum absolute atomic E-state index is 0.339. The van der Waals surface area contributed by atoms with Crippen LogP contribution in [0.2, 0.25) is 0 Å². The number of hydrogen-bond acceptors (Lipinski definition) is 5. The normalized spacial score (nSPS) is 11.4. The molecule has 0 aliphatic rings. The number of carbonyl (C=O) groups is 3. The summed E-state index contributed by atoms with van der Waals surface area (Å²) in [7, 11) is 0. The van der Waals surface area contributed by atoms with Gasteiger partial charge in [-0.15, -0.1) is 0 Å². The van der Waals surface area contributed by atoms with E-state index in [4.69, 9.17) is 10.5 Å². The molecule has 0 aromatic heterocycles. The van der Waals surface area contributed by atoms with Crippen molar-refractivity contribution < 1.29 is 19.1 Å². The summed E-state index contributed by atoms with van der Waals surface area (Å²) in [5.41, 5.74) is 7.39. The predicted octanol–water partition coefficient (Wildman–Crippen LogP) is 2.82. The van der Waals surface area contributed by atoms with Gasteiger partial charge in [0.2, 0.25) is 5.91 Å². The Morgan fingerprint density at radius 1 is 0.964 bits per heavy atom. The van der Waals surface area contributed by atoms with Crippen molar-refractivity contribution in [1.29, 1.82) is 0 Å². The first-order valence-corrected chi connectivity index (χ1v) is 9.12. The average Bonchev–Trinajstić information content (AvgIpc) is 2.69. The third kappa shape index (κ3) is 5.33. The van der Waals surface area contributed by atoms with E-state index in [0.29, 0.717) is 16.8 Å². The monoisotopic (exact) mass is 383 g/mol. The average molecular weight is 383 g/mol. The number of rotatable bonds is 8. The lowest BCUT2D eigenvalue weighted by Gasteiger charge is -2.21. The first kappa shape index (κ1) is 21.0. The molecule has 7 heteroatoms. The molecular formula is C21H25N3O4. The van der Waals surface area contributed by atoms with Gasteiger partial charge in [-0.05, 0) is 69.3 Å². The van der Waals surface area contributed by atoms with Crippen LogP contribution in [0.15, 0.2) is 48.5 Å². The van der Waals surface area contributed by atoms with E-state index in [1.807, 2.05) is 12.1 Å². The number of primary amides is 1. The van der Waals surface area contributed by atoms with Gasteiger partial charge in [0.25, 0.3) is 5.91 Å². The fourth-order valence-corrected chi connectivity index (χ4v) is 2.64. The molecule has 7 nitrogen and oxygen atoms in total. The van der Waals surface area contributed by atoms with Crippen molar-refractivity contribution in [3.63, 3.8) is 0 Å². The zero-order valence-corrected chi connectivity index (χ0v) is 16.3. The molecule has 0 fully saturated rings. The highest BCUT2D eigenvalue weighted by Crippen LogP contribution is 2.16. The third-order valence-corrected chi connectivity index (χ3v) is 4.32. The Morgan fingerprint density at radius 3 is 2.00 bits per heavy atom. The lowest BCUT2D eigenvalue weighted by atomic mass is 10.2. The van der Waals surface area contributed by atoms with Crippen molar-refractivity contribution >= 4 is 29.2 Å². The predicted molar refractivity (Wildman–Crippen MR) is 108 cm³/mol. The van der Waals surface area contributed by atoms with Crippen LogP contribution in [0, 0.1) is 0 Å². The topological polar surface area (TPSA) is 102 Å². The van der Waals surface area contributed by atoms with Crippen molar-refractivity contribution in [1.82, 2.24) is 0 Å². The van der Waals surface area contributed by atoms with Gasteiger partial charge in [-0.2, -0.15) is 0 Å². The molecule has 0 heterocycles. The maximum atomic E-state index is 12.3. The zero-order chi connectivity index (χ0) is 20.7. The second-order valence-corrected chi connectivity index (χ2v) is 6.20. The van der Waals surface area contributed by atoms with Crippen LogP contribution in [0.4, 0.5) is 11.4 Å².